The van der Waals surface area contributed by atoms with Crippen LogP contribution in [0.2, 0.25) is 0 Å². The highest BCUT2D eigenvalue weighted by Crippen LogP contribution is 2.18. The number of benzene rings is 3. The van der Waals surface area contributed by atoms with Crippen molar-refractivity contribution in [3.63, 3.8) is 0 Å². The van der Waals surface area contributed by atoms with Crippen LogP contribution in [0.4, 0.5) is 0 Å². The van der Waals surface area contributed by atoms with E-state index in [9.17, 15) is 4.79 Å². The van der Waals surface area contributed by atoms with Gasteiger partial charge in [-0.1, -0.05) is 48.0 Å². The Kier molecular flexibility index (Phi) is 7.15. The van der Waals surface area contributed by atoms with Crippen molar-refractivity contribution in [2.75, 3.05) is 19.4 Å². The molecule has 0 unspecified atom stereocenters. The van der Waals surface area contributed by atoms with Gasteiger partial charge in [-0.05, 0) is 48.9 Å². The molecule has 0 N–H and O–H groups in total. The average molecular weight is 392 g/mol. The second-order valence-corrected chi connectivity index (χ2v) is 7.85. The summed E-state index contributed by atoms with van der Waals surface area (Å²) in [5.74, 6) is 1.67. The molecule has 4 heteroatoms. The molecule has 144 valence electrons. The first-order valence-corrected chi connectivity index (χ1v) is 10.3. The molecule has 3 aromatic carbocycles. The predicted octanol–water partition coefficient (Wildman–Crippen LogP) is 5.44. The molecule has 28 heavy (non-hydrogen) atoms. The van der Waals surface area contributed by atoms with Crippen LogP contribution >= 0.6 is 11.8 Å². The zero-order valence-electron chi connectivity index (χ0n) is 16.3. The molecular weight excluding hydrogens is 366 g/mol. The monoisotopic (exact) mass is 391 g/mol. The van der Waals surface area contributed by atoms with Crippen LogP contribution in [0, 0.1) is 6.92 Å². The number of rotatable bonds is 8. The van der Waals surface area contributed by atoms with Crippen molar-refractivity contribution in [2.45, 2.75) is 18.4 Å². The SMILES string of the molecule is Cc1ccc(CN(C)C(=O)c2ccc(OCCSc3ccccc3)cc2)cc1. The molecule has 3 aromatic rings. The van der Waals surface area contributed by atoms with Crippen LogP contribution < -0.4 is 4.74 Å². The van der Waals surface area contributed by atoms with Gasteiger partial charge in [-0.3, -0.25) is 4.79 Å². The molecule has 0 atom stereocenters. The number of amides is 1. The number of carbonyl (C=O) groups excluding carboxylic acids is 1. The molecule has 0 spiro atoms. The molecular formula is C24H25NO2S. The maximum absolute atomic E-state index is 12.6. The van der Waals surface area contributed by atoms with E-state index in [2.05, 4.69) is 43.3 Å². The first kappa shape index (κ1) is 20.0. The van der Waals surface area contributed by atoms with Gasteiger partial charge in [0.2, 0.25) is 0 Å². The Morgan fingerprint density at radius 3 is 2.29 bits per heavy atom. The first-order valence-electron chi connectivity index (χ1n) is 9.33. The van der Waals surface area contributed by atoms with Crippen molar-refractivity contribution >= 4 is 17.7 Å². The van der Waals surface area contributed by atoms with Crippen LogP contribution in [0.15, 0.2) is 83.8 Å². The number of aryl methyl sites for hydroxylation is 1. The summed E-state index contributed by atoms with van der Waals surface area (Å²) in [6.07, 6.45) is 0. The third-order valence-corrected chi connectivity index (χ3v) is 5.33. The lowest BCUT2D eigenvalue weighted by Crippen LogP contribution is -2.26. The molecule has 0 aliphatic carbocycles. The predicted molar refractivity (Wildman–Crippen MR) is 116 cm³/mol. The molecule has 0 aliphatic rings. The standard InChI is InChI=1S/C24H25NO2S/c1-19-8-10-20(11-9-19)18-25(2)24(26)21-12-14-22(15-13-21)27-16-17-28-23-6-4-3-5-7-23/h3-15H,16-18H2,1-2H3. The van der Waals surface area contributed by atoms with Crippen molar-refractivity contribution in [1.82, 2.24) is 4.90 Å². The van der Waals surface area contributed by atoms with E-state index in [4.69, 9.17) is 4.74 Å². The van der Waals surface area contributed by atoms with E-state index in [1.165, 1.54) is 10.5 Å². The van der Waals surface area contributed by atoms with Gasteiger partial charge >= 0.3 is 0 Å². The minimum atomic E-state index is 0.00626. The Bertz CT molecular complexity index is 877. The highest BCUT2D eigenvalue weighted by Gasteiger charge is 2.12. The summed E-state index contributed by atoms with van der Waals surface area (Å²) in [6, 6.07) is 25.9. The fraction of sp³-hybridized carbons (Fsp3) is 0.208. The largest absolute Gasteiger partial charge is 0.493 e. The smallest absolute Gasteiger partial charge is 0.253 e. The fourth-order valence-electron chi connectivity index (χ4n) is 2.79. The van der Waals surface area contributed by atoms with E-state index in [-0.39, 0.29) is 5.91 Å². The Morgan fingerprint density at radius 1 is 0.929 bits per heavy atom. The second-order valence-electron chi connectivity index (χ2n) is 6.68. The van der Waals surface area contributed by atoms with Gasteiger partial charge in [0, 0.05) is 29.8 Å². The van der Waals surface area contributed by atoms with Crippen LogP contribution in [0.1, 0.15) is 21.5 Å². The van der Waals surface area contributed by atoms with Crippen molar-refractivity contribution < 1.29 is 9.53 Å². The zero-order chi connectivity index (χ0) is 19.8. The molecule has 0 saturated carbocycles. The minimum absolute atomic E-state index is 0.00626. The van der Waals surface area contributed by atoms with Gasteiger partial charge in [-0.15, -0.1) is 11.8 Å². The number of hydrogen-bond acceptors (Lipinski definition) is 3. The Hall–Kier alpha value is -2.72. The lowest BCUT2D eigenvalue weighted by Gasteiger charge is -2.17. The third-order valence-electron chi connectivity index (χ3n) is 4.35. The van der Waals surface area contributed by atoms with E-state index >= 15 is 0 Å². The van der Waals surface area contributed by atoms with Crippen LogP contribution in [-0.2, 0) is 6.54 Å². The minimum Gasteiger partial charge on any atom is -0.493 e. The van der Waals surface area contributed by atoms with E-state index in [0.29, 0.717) is 18.7 Å². The van der Waals surface area contributed by atoms with Crippen molar-refractivity contribution in [2.24, 2.45) is 0 Å². The van der Waals surface area contributed by atoms with E-state index in [1.54, 1.807) is 16.7 Å². The highest BCUT2D eigenvalue weighted by molar-refractivity contribution is 7.99. The van der Waals surface area contributed by atoms with Gasteiger partial charge in [0.25, 0.3) is 5.91 Å². The van der Waals surface area contributed by atoms with E-state index in [0.717, 1.165) is 17.1 Å². The topological polar surface area (TPSA) is 29.5 Å². The van der Waals surface area contributed by atoms with E-state index < -0.39 is 0 Å². The number of carbonyl (C=O) groups is 1. The number of thioether (sulfide) groups is 1. The van der Waals surface area contributed by atoms with Gasteiger partial charge in [0.05, 0.1) is 6.61 Å². The lowest BCUT2D eigenvalue weighted by molar-refractivity contribution is 0.0785. The van der Waals surface area contributed by atoms with Crippen LogP contribution in [0.3, 0.4) is 0 Å². The summed E-state index contributed by atoms with van der Waals surface area (Å²) in [4.78, 5) is 15.6. The van der Waals surface area contributed by atoms with Crippen LogP contribution in [0.25, 0.3) is 0 Å². The molecule has 3 rings (SSSR count). The van der Waals surface area contributed by atoms with Gasteiger partial charge in [0.15, 0.2) is 0 Å². The molecule has 0 bridgehead atoms. The fourth-order valence-corrected chi connectivity index (χ4v) is 3.54. The van der Waals surface area contributed by atoms with Gasteiger partial charge < -0.3 is 9.64 Å². The second kappa shape index (κ2) is 10.00. The molecule has 1 amide bonds. The summed E-state index contributed by atoms with van der Waals surface area (Å²) in [5, 5.41) is 0. The molecule has 0 saturated heterocycles. The first-order chi connectivity index (χ1) is 13.6. The van der Waals surface area contributed by atoms with Gasteiger partial charge in [0.1, 0.15) is 5.75 Å². The zero-order valence-corrected chi connectivity index (χ0v) is 17.1. The highest BCUT2D eigenvalue weighted by atomic mass is 32.2. The summed E-state index contributed by atoms with van der Waals surface area (Å²) < 4.78 is 5.78. The molecule has 0 aromatic heterocycles. The molecule has 0 aliphatic heterocycles. The molecule has 0 heterocycles. The molecule has 3 nitrogen and oxygen atoms in total. The van der Waals surface area contributed by atoms with Gasteiger partial charge in [-0.2, -0.15) is 0 Å². The van der Waals surface area contributed by atoms with Crippen LogP contribution in [0.5, 0.6) is 5.75 Å². The maximum Gasteiger partial charge on any atom is 0.253 e. The summed E-state index contributed by atoms with van der Waals surface area (Å²) in [7, 11) is 1.83. The number of ether oxygens (including phenoxy) is 1. The van der Waals surface area contributed by atoms with Crippen molar-refractivity contribution in [1.29, 1.82) is 0 Å². The Balaban J connectivity index is 1.47. The Morgan fingerprint density at radius 2 is 1.61 bits per heavy atom. The number of nitrogens with zero attached hydrogens (tertiary/aromatic N) is 1. The summed E-state index contributed by atoms with van der Waals surface area (Å²) >= 11 is 1.77. The Labute approximate surface area is 171 Å². The van der Waals surface area contributed by atoms with Crippen LogP contribution in [-0.4, -0.2) is 30.2 Å². The molecule has 0 radical (unpaired) electrons. The average Bonchev–Trinajstić information content (AvgIpc) is 2.73. The third kappa shape index (κ3) is 5.89. The molecule has 0 fully saturated rings. The van der Waals surface area contributed by atoms with Crippen molar-refractivity contribution in [3.05, 3.63) is 95.6 Å². The lowest BCUT2D eigenvalue weighted by atomic mass is 10.1. The van der Waals surface area contributed by atoms with Gasteiger partial charge in [-0.25, -0.2) is 0 Å². The quantitative estimate of drug-likeness (QED) is 0.378. The summed E-state index contributed by atoms with van der Waals surface area (Å²) in [6.45, 7) is 3.27. The maximum atomic E-state index is 12.6. The van der Waals surface area contributed by atoms with Crippen molar-refractivity contribution in [3.8, 4) is 5.75 Å². The van der Waals surface area contributed by atoms with E-state index in [1.807, 2.05) is 49.5 Å². The normalized spacial score (nSPS) is 10.5. The number of hydrogen-bond donors (Lipinski definition) is 0. The summed E-state index contributed by atoms with van der Waals surface area (Å²) in [5.41, 5.74) is 3.01.